The summed E-state index contributed by atoms with van der Waals surface area (Å²) in [4.78, 5) is 12.1. The zero-order chi connectivity index (χ0) is 21.5. The summed E-state index contributed by atoms with van der Waals surface area (Å²) in [5.74, 6) is -0.347. The van der Waals surface area contributed by atoms with E-state index >= 15 is 0 Å². The Morgan fingerprint density at radius 3 is 2.48 bits per heavy atom. The summed E-state index contributed by atoms with van der Waals surface area (Å²) >= 11 is 0. The predicted molar refractivity (Wildman–Crippen MR) is 116 cm³/mol. The third-order valence-electron chi connectivity index (χ3n) is 4.42. The first-order valence-electron chi connectivity index (χ1n) is 9.46. The van der Waals surface area contributed by atoms with Gasteiger partial charge in [0, 0.05) is 30.2 Å². The smallest absolute Gasteiger partial charge is 0.251 e. The van der Waals surface area contributed by atoms with Crippen molar-refractivity contribution < 1.29 is 13.2 Å². The van der Waals surface area contributed by atoms with Gasteiger partial charge in [-0.3, -0.25) is 4.79 Å². The first kappa shape index (κ1) is 22.8. The van der Waals surface area contributed by atoms with Crippen molar-refractivity contribution in [2.24, 2.45) is 0 Å². The monoisotopic (exact) mass is 415 g/mol. The number of benzene rings is 2. The van der Waals surface area contributed by atoms with Crippen LogP contribution >= 0.6 is 0 Å². The molecule has 0 aliphatic rings. The Kier molecular flexibility index (Phi) is 7.73. The lowest BCUT2D eigenvalue weighted by Gasteiger charge is -2.30. The maximum atomic E-state index is 12.7. The minimum atomic E-state index is -3.76. The predicted octanol–water partition coefficient (Wildman–Crippen LogP) is 3.01. The Morgan fingerprint density at radius 1 is 1.14 bits per heavy atom. The van der Waals surface area contributed by atoms with Crippen LogP contribution < -0.4 is 15.4 Å². The molecule has 29 heavy (non-hydrogen) atoms. The number of carbonyl (C=O) groups excluding carboxylic acids is 1. The maximum absolute atomic E-state index is 12.7. The Morgan fingerprint density at radius 2 is 1.83 bits per heavy atom. The normalized spacial score (nSPS) is 12.9. The van der Waals surface area contributed by atoms with Crippen molar-refractivity contribution in [3.63, 3.8) is 0 Å². The summed E-state index contributed by atoms with van der Waals surface area (Å²) in [5, 5.41) is 6.09. The van der Waals surface area contributed by atoms with Crippen LogP contribution in [0.25, 0.3) is 0 Å². The molecule has 7 heteroatoms. The molecule has 0 aliphatic heterocycles. The molecule has 2 aromatic rings. The van der Waals surface area contributed by atoms with E-state index < -0.39 is 15.6 Å². The van der Waals surface area contributed by atoms with E-state index in [1.165, 1.54) is 12.1 Å². The van der Waals surface area contributed by atoms with E-state index in [4.69, 9.17) is 0 Å². The van der Waals surface area contributed by atoms with Crippen molar-refractivity contribution in [2.45, 2.75) is 37.2 Å². The topological polar surface area (TPSA) is 87.3 Å². The standard InChI is InChI=1S/C22H29N3O3S/c1-5-14-23-21(26)19-12-9-13-20(15-19)29(27,28)24-16-22(3,4)25-17(2)18-10-7-6-8-11-18/h5-13,15,17,24-25H,1,14,16H2,2-4H3,(H,23,26). The molecule has 0 radical (unpaired) electrons. The molecule has 0 spiro atoms. The lowest BCUT2D eigenvalue weighted by molar-refractivity contribution is 0.0958. The van der Waals surface area contributed by atoms with Gasteiger partial charge >= 0.3 is 0 Å². The fraction of sp³-hybridized carbons (Fsp3) is 0.318. The summed E-state index contributed by atoms with van der Waals surface area (Å²) in [5.41, 5.74) is 0.924. The van der Waals surface area contributed by atoms with Crippen LogP contribution in [-0.2, 0) is 10.0 Å². The second-order valence-corrected chi connectivity index (χ2v) is 9.28. The molecule has 3 N–H and O–H groups in total. The molecule has 0 aliphatic carbocycles. The van der Waals surface area contributed by atoms with Crippen molar-refractivity contribution in [3.8, 4) is 0 Å². The summed E-state index contributed by atoms with van der Waals surface area (Å²) in [6, 6.07) is 16.0. The van der Waals surface area contributed by atoms with Gasteiger partial charge in [0.15, 0.2) is 0 Å². The van der Waals surface area contributed by atoms with Crippen LogP contribution in [0.3, 0.4) is 0 Å². The number of carbonyl (C=O) groups is 1. The van der Waals surface area contributed by atoms with Gasteiger partial charge in [0.1, 0.15) is 0 Å². The lowest BCUT2D eigenvalue weighted by atomic mass is 10.0. The van der Waals surface area contributed by atoms with Crippen LogP contribution in [0.4, 0.5) is 0 Å². The Hall–Kier alpha value is -2.48. The minimum Gasteiger partial charge on any atom is -0.349 e. The highest BCUT2D eigenvalue weighted by molar-refractivity contribution is 7.89. The number of sulfonamides is 1. The van der Waals surface area contributed by atoms with E-state index in [9.17, 15) is 13.2 Å². The van der Waals surface area contributed by atoms with Gasteiger partial charge in [-0.15, -0.1) is 6.58 Å². The summed E-state index contributed by atoms with van der Waals surface area (Å²) in [6.07, 6.45) is 1.56. The fourth-order valence-corrected chi connectivity index (χ4v) is 4.15. The van der Waals surface area contributed by atoms with Gasteiger partial charge in [-0.1, -0.05) is 42.5 Å². The van der Waals surface area contributed by atoms with Crippen LogP contribution in [0, 0.1) is 0 Å². The molecule has 0 saturated heterocycles. The Bertz CT molecular complexity index is 941. The van der Waals surface area contributed by atoms with E-state index in [0.717, 1.165) is 5.56 Å². The zero-order valence-corrected chi connectivity index (χ0v) is 17.9. The number of hydrogen-bond acceptors (Lipinski definition) is 4. The quantitative estimate of drug-likeness (QED) is 0.521. The molecule has 1 unspecified atom stereocenters. The van der Waals surface area contributed by atoms with Crippen molar-refractivity contribution in [3.05, 3.63) is 78.4 Å². The van der Waals surface area contributed by atoms with Crippen LogP contribution in [-0.4, -0.2) is 33.0 Å². The minimum absolute atomic E-state index is 0.0515. The van der Waals surface area contributed by atoms with E-state index in [2.05, 4.69) is 21.9 Å². The van der Waals surface area contributed by atoms with Crippen LogP contribution in [0.1, 0.15) is 42.7 Å². The van der Waals surface area contributed by atoms with Gasteiger partial charge in [0.05, 0.1) is 4.90 Å². The zero-order valence-electron chi connectivity index (χ0n) is 17.1. The average Bonchev–Trinajstić information content (AvgIpc) is 2.71. The summed E-state index contributed by atoms with van der Waals surface area (Å²) in [7, 11) is -3.76. The van der Waals surface area contributed by atoms with Crippen molar-refractivity contribution >= 4 is 15.9 Å². The fourth-order valence-electron chi connectivity index (χ4n) is 2.89. The first-order chi connectivity index (χ1) is 13.6. The van der Waals surface area contributed by atoms with Crippen LogP contribution in [0.2, 0.25) is 0 Å². The van der Waals surface area contributed by atoms with Crippen LogP contribution in [0.5, 0.6) is 0 Å². The number of amides is 1. The van der Waals surface area contributed by atoms with E-state index in [-0.39, 0.29) is 29.0 Å². The highest BCUT2D eigenvalue weighted by Gasteiger charge is 2.24. The molecule has 0 fully saturated rings. The second kappa shape index (κ2) is 9.82. The lowest BCUT2D eigenvalue weighted by Crippen LogP contribution is -2.49. The molecule has 2 aromatic carbocycles. The highest BCUT2D eigenvalue weighted by Crippen LogP contribution is 2.17. The van der Waals surface area contributed by atoms with Crippen molar-refractivity contribution in [2.75, 3.05) is 13.1 Å². The highest BCUT2D eigenvalue weighted by atomic mass is 32.2. The molecule has 2 rings (SSSR count). The van der Waals surface area contributed by atoms with Gasteiger partial charge < -0.3 is 10.6 Å². The van der Waals surface area contributed by atoms with Crippen molar-refractivity contribution in [1.82, 2.24) is 15.4 Å². The third-order valence-corrected chi connectivity index (χ3v) is 5.82. The van der Waals surface area contributed by atoms with E-state index in [1.54, 1.807) is 18.2 Å². The molecular weight excluding hydrogens is 386 g/mol. The van der Waals surface area contributed by atoms with Gasteiger partial charge in [0.25, 0.3) is 5.91 Å². The first-order valence-corrected chi connectivity index (χ1v) is 10.9. The number of rotatable bonds is 10. The van der Waals surface area contributed by atoms with Gasteiger partial charge in [-0.25, -0.2) is 13.1 Å². The van der Waals surface area contributed by atoms with Gasteiger partial charge in [0.2, 0.25) is 10.0 Å². The molecule has 0 saturated carbocycles. The maximum Gasteiger partial charge on any atom is 0.251 e. The van der Waals surface area contributed by atoms with E-state index in [0.29, 0.717) is 6.54 Å². The van der Waals surface area contributed by atoms with E-state index in [1.807, 2.05) is 51.1 Å². The third kappa shape index (κ3) is 6.81. The Balaban J connectivity index is 2.05. The molecule has 156 valence electrons. The number of nitrogens with one attached hydrogen (secondary N) is 3. The molecule has 0 heterocycles. The average molecular weight is 416 g/mol. The molecule has 1 atom stereocenters. The van der Waals surface area contributed by atoms with Gasteiger partial charge in [-0.2, -0.15) is 0 Å². The largest absolute Gasteiger partial charge is 0.349 e. The second-order valence-electron chi connectivity index (χ2n) is 7.51. The number of hydrogen-bond donors (Lipinski definition) is 3. The SMILES string of the molecule is C=CCNC(=O)c1cccc(S(=O)(=O)NCC(C)(C)NC(C)c2ccccc2)c1. The summed E-state index contributed by atoms with van der Waals surface area (Å²) in [6.45, 7) is 9.97. The van der Waals surface area contributed by atoms with Crippen molar-refractivity contribution in [1.29, 1.82) is 0 Å². The molecular formula is C22H29N3O3S. The Labute approximate surface area is 173 Å². The molecule has 0 aromatic heterocycles. The summed E-state index contributed by atoms with van der Waals surface area (Å²) < 4.78 is 28.1. The molecule has 0 bridgehead atoms. The van der Waals surface area contributed by atoms with Gasteiger partial charge in [-0.05, 0) is 44.5 Å². The molecule has 6 nitrogen and oxygen atoms in total. The van der Waals surface area contributed by atoms with Crippen LogP contribution in [0.15, 0.2) is 72.1 Å². The molecule has 1 amide bonds.